The summed E-state index contributed by atoms with van der Waals surface area (Å²) in [6, 6.07) is 0. The van der Waals surface area contributed by atoms with Crippen LogP contribution in [0.25, 0.3) is 0 Å². The minimum absolute atomic E-state index is 0.346. The van der Waals surface area contributed by atoms with Crippen LogP contribution in [0.3, 0.4) is 0 Å². The van der Waals surface area contributed by atoms with Gasteiger partial charge in [-0.2, -0.15) is 0 Å². The Morgan fingerprint density at radius 3 is 2.47 bits per heavy atom. The van der Waals surface area contributed by atoms with Gasteiger partial charge in [-0.25, -0.2) is 0 Å². The van der Waals surface area contributed by atoms with Gasteiger partial charge in [0.25, 0.3) is 0 Å². The third-order valence-corrected chi connectivity index (χ3v) is 2.98. The zero-order chi connectivity index (χ0) is 11.5. The molecule has 0 saturated carbocycles. The van der Waals surface area contributed by atoms with Crippen LogP contribution in [0, 0.1) is 0 Å². The maximum absolute atomic E-state index is 11.1. The predicted molar refractivity (Wildman–Crippen MR) is 58.3 cm³/mol. The van der Waals surface area contributed by atoms with Crippen molar-refractivity contribution >= 4 is 5.91 Å². The van der Waals surface area contributed by atoms with Gasteiger partial charge in [0.05, 0.1) is 6.10 Å². The number of ether oxygens (including phenoxy) is 1. The number of likely N-dealkylation sites (tertiary alicyclic amines) is 1. The van der Waals surface area contributed by atoms with Gasteiger partial charge in [-0.1, -0.05) is 0 Å². The lowest BCUT2D eigenvalue weighted by Crippen LogP contribution is -2.58. The Kier molecular flexibility index (Phi) is 4.07. The van der Waals surface area contributed by atoms with Gasteiger partial charge < -0.3 is 21.1 Å². The van der Waals surface area contributed by atoms with Crippen molar-refractivity contribution in [1.29, 1.82) is 0 Å². The molecule has 1 heterocycles. The lowest BCUT2D eigenvalue weighted by molar-refractivity contribution is -0.123. The molecule has 4 N–H and O–H groups in total. The van der Waals surface area contributed by atoms with Gasteiger partial charge in [-0.3, -0.25) is 4.79 Å². The highest BCUT2D eigenvalue weighted by Gasteiger charge is 2.30. The van der Waals surface area contributed by atoms with Crippen LogP contribution >= 0.6 is 0 Å². The topological polar surface area (TPSA) is 81.6 Å². The smallest absolute Gasteiger partial charge is 0.238 e. The normalized spacial score (nSPS) is 23.7. The van der Waals surface area contributed by atoms with Crippen molar-refractivity contribution in [3.63, 3.8) is 0 Å². The van der Waals surface area contributed by atoms with Crippen molar-refractivity contribution in [2.45, 2.75) is 31.4 Å². The van der Waals surface area contributed by atoms with Crippen LogP contribution in [0.15, 0.2) is 0 Å². The molecule has 0 aliphatic carbocycles. The molecule has 0 aromatic rings. The minimum atomic E-state index is -0.931. The maximum Gasteiger partial charge on any atom is 0.238 e. The molecular weight excluding hydrogens is 194 g/mol. The largest absolute Gasteiger partial charge is 0.381 e. The minimum Gasteiger partial charge on any atom is -0.381 e. The van der Waals surface area contributed by atoms with E-state index in [9.17, 15) is 4.79 Å². The number of hydrogen-bond donors (Lipinski definition) is 2. The Balaban J connectivity index is 2.38. The van der Waals surface area contributed by atoms with Gasteiger partial charge in [-0.15, -0.1) is 0 Å². The second-order valence-corrected chi connectivity index (χ2v) is 4.49. The lowest BCUT2D eigenvalue weighted by Gasteiger charge is -2.35. The van der Waals surface area contributed by atoms with Crippen molar-refractivity contribution in [3.05, 3.63) is 0 Å². The van der Waals surface area contributed by atoms with Crippen LogP contribution in [-0.2, 0) is 9.53 Å². The van der Waals surface area contributed by atoms with Crippen LogP contribution in [-0.4, -0.2) is 49.2 Å². The number of carbonyl (C=O) groups is 1. The fraction of sp³-hybridized carbons (Fsp3) is 0.900. The first kappa shape index (κ1) is 12.4. The summed E-state index contributed by atoms with van der Waals surface area (Å²) in [5.41, 5.74) is 10.1. The molecule has 1 rings (SSSR count). The molecule has 1 unspecified atom stereocenters. The number of methoxy groups -OCH3 is 1. The molecule has 5 heteroatoms. The molecule has 1 amide bonds. The van der Waals surface area contributed by atoms with E-state index >= 15 is 0 Å². The number of hydrogen-bond acceptors (Lipinski definition) is 4. The SMILES string of the molecule is COC1CCN(CC(C)(N)C(N)=O)CC1. The molecular formula is C10H21N3O2. The van der Waals surface area contributed by atoms with Crippen molar-refractivity contribution in [2.75, 3.05) is 26.7 Å². The fourth-order valence-electron chi connectivity index (χ4n) is 1.85. The Bertz CT molecular complexity index is 223. The summed E-state index contributed by atoms with van der Waals surface area (Å²) in [6.45, 7) is 4.04. The summed E-state index contributed by atoms with van der Waals surface area (Å²) >= 11 is 0. The van der Waals surface area contributed by atoms with Crippen LogP contribution in [0.1, 0.15) is 19.8 Å². The van der Waals surface area contributed by atoms with Gasteiger partial charge in [0.2, 0.25) is 5.91 Å². The number of nitrogens with two attached hydrogens (primary N) is 2. The van der Waals surface area contributed by atoms with E-state index in [2.05, 4.69) is 4.90 Å². The summed E-state index contributed by atoms with van der Waals surface area (Å²) in [7, 11) is 1.73. The number of amides is 1. The molecule has 1 aliphatic heterocycles. The molecule has 0 aromatic heterocycles. The van der Waals surface area contributed by atoms with E-state index in [-0.39, 0.29) is 0 Å². The number of carbonyl (C=O) groups excluding carboxylic acids is 1. The molecule has 1 fully saturated rings. The average Bonchev–Trinajstić information content (AvgIpc) is 2.18. The van der Waals surface area contributed by atoms with Gasteiger partial charge in [-0.05, 0) is 19.8 Å². The summed E-state index contributed by atoms with van der Waals surface area (Å²) in [5.74, 6) is -0.448. The van der Waals surface area contributed by atoms with Crippen molar-refractivity contribution in [3.8, 4) is 0 Å². The Labute approximate surface area is 90.7 Å². The zero-order valence-electron chi connectivity index (χ0n) is 9.53. The van der Waals surface area contributed by atoms with Gasteiger partial charge in [0, 0.05) is 26.7 Å². The van der Waals surface area contributed by atoms with E-state index in [1.54, 1.807) is 14.0 Å². The summed E-state index contributed by atoms with van der Waals surface area (Å²) in [5, 5.41) is 0. The molecule has 0 spiro atoms. The Morgan fingerprint density at radius 1 is 1.53 bits per heavy atom. The zero-order valence-corrected chi connectivity index (χ0v) is 9.53. The number of rotatable bonds is 4. The fourth-order valence-corrected chi connectivity index (χ4v) is 1.85. The van der Waals surface area contributed by atoms with Crippen LogP contribution in [0.5, 0.6) is 0 Å². The van der Waals surface area contributed by atoms with E-state index in [1.807, 2.05) is 0 Å². The maximum atomic E-state index is 11.1. The van der Waals surface area contributed by atoms with E-state index in [0.29, 0.717) is 12.6 Å². The molecule has 0 bridgehead atoms. The molecule has 1 aliphatic rings. The quantitative estimate of drug-likeness (QED) is 0.649. The summed E-state index contributed by atoms with van der Waals surface area (Å²) < 4.78 is 5.27. The first-order valence-corrected chi connectivity index (χ1v) is 5.29. The molecule has 1 saturated heterocycles. The number of nitrogens with zero attached hydrogens (tertiary/aromatic N) is 1. The van der Waals surface area contributed by atoms with Crippen LogP contribution in [0.2, 0.25) is 0 Å². The van der Waals surface area contributed by atoms with Crippen molar-refractivity contribution in [2.24, 2.45) is 11.5 Å². The first-order chi connectivity index (χ1) is 6.95. The number of primary amides is 1. The van der Waals surface area contributed by atoms with E-state index in [1.165, 1.54) is 0 Å². The highest BCUT2D eigenvalue weighted by atomic mass is 16.5. The highest BCUT2D eigenvalue weighted by Crippen LogP contribution is 2.14. The lowest BCUT2D eigenvalue weighted by atomic mass is 10.00. The van der Waals surface area contributed by atoms with Gasteiger partial charge in [0.15, 0.2) is 0 Å². The second-order valence-electron chi connectivity index (χ2n) is 4.49. The molecule has 88 valence electrons. The Hall–Kier alpha value is -0.650. The summed E-state index contributed by atoms with van der Waals surface area (Å²) in [6.07, 6.45) is 2.33. The van der Waals surface area contributed by atoms with Crippen LogP contribution in [0.4, 0.5) is 0 Å². The summed E-state index contributed by atoms with van der Waals surface area (Å²) in [4.78, 5) is 13.2. The van der Waals surface area contributed by atoms with Gasteiger partial charge >= 0.3 is 0 Å². The predicted octanol–water partition coefficient (Wildman–Crippen LogP) is -0.700. The molecule has 1 atom stereocenters. The molecule has 5 nitrogen and oxygen atoms in total. The first-order valence-electron chi connectivity index (χ1n) is 5.29. The van der Waals surface area contributed by atoms with E-state index in [0.717, 1.165) is 25.9 Å². The number of piperidine rings is 1. The van der Waals surface area contributed by atoms with Gasteiger partial charge in [0.1, 0.15) is 5.54 Å². The molecule has 0 aromatic carbocycles. The third kappa shape index (κ3) is 3.44. The standard InChI is InChI=1S/C10H21N3O2/c1-10(12,9(11)14)7-13-5-3-8(15-2)4-6-13/h8H,3-7,12H2,1-2H3,(H2,11,14). The van der Waals surface area contributed by atoms with E-state index < -0.39 is 11.4 Å². The molecule has 15 heavy (non-hydrogen) atoms. The van der Waals surface area contributed by atoms with Crippen LogP contribution < -0.4 is 11.5 Å². The van der Waals surface area contributed by atoms with Crippen molar-refractivity contribution in [1.82, 2.24) is 4.90 Å². The third-order valence-electron chi connectivity index (χ3n) is 2.98. The Morgan fingerprint density at radius 2 is 2.07 bits per heavy atom. The second kappa shape index (κ2) is 4.92. The molecule has 0 radical (unpaired) electrons. The monoisotopic (exact) mass is 215 g/mol. The van der Waals surface area contributed by atoms with Crippen molar-refractivity contribution < 1.29 is 9.53 Å². The van der Waals surface area contributed by atoms with E-state index in [4.69, 9.17) is 16.2 Å². The highest BCUT2D eigenvalue weighted by molar-refractivity contribution is 5.84. The average molecular weight is 215 g/mol.